The first-order chi connectivity index (χ1) is 5.22. The Hall–Kier alpha value is 0. The van der Waals surface area contributed by atoms with Crippen molar-refractivity contribution >= 4 is 0 Å². The third kappa shape index (κ3) is 1.03. The van der Waals surface area contributed by atoms with Crippen LogP contribution in [0.15, 0.2) is 0 Å². The molecule has 0 saturated heterocycles. The van der Waals surface area contributed by atoms with Crippen LogP contribution in [0, 0.1) is 28.6 Å². The van der Waals surface area contributed by atoms with Crippen molar-refractivity contribution in [1.29, 1.82) is 0 Å². The van der Waals surface area contributed by atoms with Crippen molar-refractivity contribution in [2.45, 2.75) is 48.5 Å². The highest BCUT2D eigenvalue weighted by atomic mass is 14.6. The fourth-order valence-corrected chi connectivity index (χ4v) is 3.04. The molecule has 0 aromatic carbocycles. The van der Waals surface area contributed by atoms with Crippen LogP contribution in [0.25, 0.3) is 0 Å². The summed E-state index contributed by atoms with van der Waals surface area (Å²) in [5, 5.41) is 0. The lowest BCUT2D eigenvalue weighted by Crippen LogP contribution is -2.26. The van der Waals surface area contributed by atoms with Gasteiger partial charge in [0.2, 0.25) is 0 Å². The monoisotopic (exact) mass is 168 g/mol. The van der Waals surface area contributed by atoms with Crippen LogP contribution in [-0.2, 0) is 0 Å². The first-order valence-electron chi connectivity index (χ1n) is 5.22. The molecule has 1 aliphatic rings. The van der Waals surface area contributed by atoms with Crippen LogP contribution >= 0.6 is 0 Å². The highest BCUT2D eigenvalue weighted by Crippen LogP contribution is 2.59. The van der Waals surface area contributed by atoms with Gasteiger partial charge >= 0.3 is 0 Å². The van der Waals surface area contributed by atoms with Crippen molar-refractivity contribution in [3.8, 4) is 0 Å². The van der Waals surface area contributed by atoms with E-state index in [0.717, 1.165) is 17.8 Å². The quantitative estimate of drug-likeness (QED) is 0.513. The minimum atomic E-state index is 0.517. The largest absolute Gasteiger partial charge is 0.0617 e. The summed E-state index contributed by atoms with van der Waals surface area (Å²) in [4.78, 5) is 0. The molecule has 0 radical (unpaired) electrons. The van der Waals surface area contributed by atoms with Crippen molar-refractivity contribution < 1.29 is 0 Å². The fraction of sp³-hybridized carbons (Fsp3) is 1.00. The van der Waals surface area contributed by atoms with Gasteiger partial charge < -0.3 is 0 Å². The van der Waals surface area contributed by atoms with Gasteiger partial charge in [0.15, 0.2) is 0 Å². The maximum atomic E-state index is 2.42. The molecule has 1 rings (SSSR count). The van der Waals surface area contributed by atoms with Crippen LogP contribution in [0.5, 0.6) is 0 Å². The molecule has 72 valence electrons. The Kier molecular flexibility index (Phi) is 2.10. The minimum Gasteiger partial charge on any atom is -0.0617 e. The summed E-state index contributed by atoms with van der Waals surface area (Å²) in [6.07, 6.45) is 0. The first-order valence-corrected chi connectivity index (χ1v) is 5.22. The molecule has 1 fully saturated rings. The average molecular weight is 168 g/mol. The van der Waals surface area contributed by atoms with E-state index in [1.807, 2.05) is 0 Å². The van der Waals surface area contributed by atoms with E-state index < -0.39 is 0 Å². The Morgan fingerprint density at radius 3 is 1.00 bits per heavy atom. The lowest BCUT2D eigenvalue weighted by atomic mass is 9.72. The predicted octanol–water partition coefficient (Wildman–Crippen LogP) is 3.96. The van der Waals surface area contributed by atoms with E-state index >= 15 is 0 Å². The Bertz CT molecular complexity index is 156. The topological polar surface area (TPSA) is 0 Å². The maximum Gasteiger partial charge on any atom is -0.0295 e. The molecule has 1 aliphatic carbocycles. The van der Waals surface area contributed by atoms with Crippen molar-refractivity contribution in [3.63, 3.8) is 0 Å². The zero-order chi connectivity index (χ0) is 9.73. The van der Waals surface area contributed by atoms with Crippen LogP contribution in [0.4, 0.5) is 0 Å². The van der Waals surface area contributed by atoms with E-state index in [1.165, 1.54) is 0 Å². The molecule has 0 N–H and O–H groups in total. The zero-order valence-electron chi connectivity index (χ0n) is 9.73. The molecule has 2 atom stereocenters. The van der Waals surface area contributed by atoms with E-state index in [-0.39, 0.29) is 0 Å². The van der Waals surface area contributed by atoms with E-state index in [4.69, 9.17) is 0 Å². The van der Waals surface area contributed by atoms with Gasteiger partial charge in [-0.15, -0.1) is 0 Å². The van der Waals surface area contributed by atoms with Gasteiger partial charge in [-0.3, -0.25) is 0 Å². The van der Waals surface area contributed by atoms with Crippen LogP contribution in [-0.4, -0.2) is 0 Å². The maximum absolute atomic E-state index is 2.42. The Morgan fingerprint density at radius 2 is 0.917 bits per heavy atom. The molecule has 0 aromatic rings. The van der Waals surface area contributed by atoms with Crippen molar-refractivity contribution in [2.75, 3.05) is 0 Å². The van der Waals surface area contributed by atoms with E-state index in [0.29, 0.717) is 10.8 Å². The molecule has 0 heterocycles. The summed E-state index contributed by atoms with van der Waals surface area (Å²) >= 11 is 0. The third-order valence-corrected chi connectivity index (χ3v) is 5.33. The molecule has 2 unspecified atom stereocenters. The molecule has 0 bridgehead atoms. The molecular formula is C12H24. The SMILES string of the molecule is CC1C(C)C(C)(C)C(C)C1(C)C. The predicted molar refractivity (Wildman–Crippen MR) is 55.1 cm³/mol. The summed E-state index contributed by atoms with van der Waals surface area (Å²) in [7, 11) is 0. The van der Waals surface area contributed by atoms with Gasteiger partial charge in [0, 0.05) is 0 Å². The number of rotatable bonds is 0. The number of hydrogen-bond donors (Lipinski definition) is 0. The van der Waals surface area contributed by atoms with Crippen LogP contribution in [0.1, 0.15) is 48.5 Å². The van der Waals surface area contributed by atoms with Gasteiger partial charge in [-0.05, 0) is 28.6 Å². The van der Waals surface area contributed by atoms with Gasteiger partial charge in [0.25, 0.3) is 0 Å². The Labute approximate surface area is 77.7 Å². The van der Waals surface area contributed by atoms with E-state index in [1.54, 1.807) is 0 Å². The molecule has 0 aromatic heterocycles. The second kappa shape index (κ2) is 2.49. The smallest absolute Gasteiger partial charge is 0.0295 e. The van der Waals surface area contributed by atoms with Gasteiger partial charge in [-0.1, -0.05) is 48.5 Å². The molecular weight excluding hydrogens is 144 g/mol. The Morgan fingerprint density at radius 1 is 0.667 bits per heavy atom. The highest BCUT2D eigenvalue weighted by Gasteiger charge is 2.53. The van der Waals surface area contributed by atoms with Gasteiger partial charge in [0.05, 0.1) is 0 Å². The molecule has 0 aliphatic heterocycles. The summed E-state index contributed by atoms with van der Waals surface area (Å²) in [5.74, 6) is 2.53. The first kappa shape index (κ1) is 10.1. The van der Waals surface area contributed by atoms with Gasteiger partial charge in [0.1, 0.15) is 0 Å². The Balaban J connectivity index is 3.03. The second-order valence-corrected chi connectivity index (χ2v) is 5.94. The standard InChI is InChI=1S/C12H24/c1-8-9(2)12(6,7)10(3)11(8,4)5/h8-10H,1-7H3. The van der Waals surface area contributed by atoms with Crippen molar-refractivity contribution in [3.05, 3.63) is 0 Å². The molecule has 12 heavy (non-hydrogen) atoms. The van der Waals surface area contributed by atoms with E-state index in [2.05, 4.69) is 48.5 Å². The highest BCUT2D eigenvalue weighted by molar-refractivity contribution is 5.01. The lowest BCUT2D eigenvalue weighted by Gasteiger charge is -2.33. The van der Waals surface area contributed by atoms with Crippen LogP contribution in [0.2, 0.25) is 0 Å². The zero-order valence-corrected chi connectivity index (χ0v) is 9.73. The molecule has 1 saturated carbocycles. The molecule has 0 amide bonds. The lowest BCUT2D eigenvalue weighted by molar-refractivity contribution is 0.154. The van der Waals surface area contributed by atoms with E-state index in [9.17, 15) is 0 Å². The normalized spacial score (nSPS) is 44.8. The molecule has 0 nitrogen and oxygen atoms in total. The third-order valence-electron chi connectivity index (χ3n) is 5.33. The van der Waals surface area contributed by atoms with Gasteiger partial charge in [-0.2, -0.15) is 0 Å². The van der Waals surface area contributed by atoms with Crippen LogP contribution < -0.4 is 0 Å². The van der Waals surface area contributed by atoms with Crippen molar-refractivity contribution in [2.24, 2.45) is 28.6 Å². The van der Waals surface area contributed by atoms with Crippen molar-refractivity contribution in [1.82, 2.24) is 0 Å². The summed E-state index contributed by atoms with van der Waals surface area (Å²) in [6, 6.07) is 0. The molecule has 0 spiro atoms. The molecule has 0 heteroatoms. The second-order valence-electron chi connectivity index (χ2n) is 5.94. The summed E-state index contributed by atoms with van der Waals surface area (Å²) in [6.45, 7) is 16.9. The fourth-order valence-electron chi connectivity index (χ4n) is 3.04. The average Bonchev–Trinajstić information content (AvgIpc) is 2.06. The number of hydrogen-bond acceptors (Lipinski definition) is 0. The van der Waals surface area contributed by atoms with Crippen LogP contribution in [0.3, 0.4) is 0 Å². The summed E-state index contributed by atoms with van der Waals surface area (Å²) in [5.41, 5.74) is 1.03. The van der Waals surface area contributed by atoms with Gasteiger partial charge in [-0.25, -0.2) is 0 Å². The summed E-state index contributed by atoms with van der Waals surface area (Å²) < 4.78 is 0. The minimum absolute atomic E-state index is 0.517.